The maximum Gasteiger partial charge on any atom is 0.203 e. The number of hydrogen-bond donors (Lipinski definition) is 0. The fourth-order valence-corrected chi connectivity index (χ4v) is 1.88. The van der Waals surface area contributed by atoms with E-state index in [4.69, 9.17) is 4.74 Å². The molecule has 1 aromatic carbocycles. The van der Waals surface area contributed by atoms with Crippen molar-refractivity contribution in [1.82, 2.24) is 0 Å². The monoisotopic (exact) mass is 262 g/mol. The van der Waals surface area contributed by atoms with Gasteiger partial charge in [0.15, 0.2) is 0 Å². The Hall–Kier alpha value is -1.64. The molecule has 0 heterocycles. The van der Waals surface area contributed by atoms with Gasteiger partial charge in [-0.15, -0.1) is 0 Å². The summed E-state index contributed by atoms with van der Waals surface area (Å²) in [5.41, 5.74) is 1.92. The maximum absolute atomic E-state index is 11.9. The number of benzene rings is 1. The number of carbonyl (C=O) groups is 2. The highest BCUT2D eigenvalue weighted by atomic mass is 16.5. The van der Waals surface area contributed by atoms with Crippen LogP contribution in [0.15, 0.2) is 18.2 Å². The summed E-state index contributed by atoms with van der Waals surface area (Å²) in [6.07, 6.45) is 0.112. The first kappa shape index (κ1) is 15.4. The summed E-state index contributed by atoms with van der Waals surface area (Å²) in [6.45, 7) is 7.66. The Kier molecular flexibility index (Phi) is 5.28. The Balaban J connectivity index is 3.01. The van der Waals surface area contributed by atoms with Crippen LogP contribution in [0.2, 0.25) is 0 Å². The fourth-order valence-electron chi connectivity index (χ4n) is 1.88. The molecule has 3 nitrogen and oxygen atoms in total. The van der Waals surface area contributed by atoms with E-state index in [0.717, 1.165) is 11.1 Å². The molecule has 0 aliphatic carbocycles. The highest BCUT2D eigenvalue weighted by Crippen LogP contribution is 2.25. The Morgan fingerprint density at radius 1 is 1.16 bits per heavy atom. The van der Waals surface area contributed by atoms with Gasteiger partial charge in [-0.2, -0.15) is 0 Å². The molecule has 19 heavy (non-hydrogen) atoms. The maximum atomic E-state index is 11.9. The molecule has 0 spiro atoms. The minimum absolute atomic E-state index is 0.112. The van der Waals surface area contributed by atoms with Crippen molar-refractivity contribution in [3.63, 3.8) is 0 Å². The number of carbonyl (C=O) groups excluding carboxylic acids is 2. The average molecular weight is 262 g/mol. The third-order valence-electron chi connectivity index (χ3n) is 3.12. The van der Waals surface area contributed by atoms with Gasteiger partial charge in [0.1, 0.15) is 5.75 Å². The summed E-state index contributed by atoms with van der Waals surface area (Å²) < 4.78 is 5.26. The lowest BCUT2D eigenvalue weighted by Gasteiger charge is -2.12. The summed E-state index contributed by atoms with van der Waals surface area (Å²) in [6, 6.07) is 5.80. The second-order valence-corrected chi connectivity index (χ2v) is 5.34. The summed E-state index contributed by atoms with van der Waals surface area (Å²) >= 11 is 0. The number of hydrogen-bond acceptors (Lipinski definition) is 3. The van der Waals surface area contributed by atoms with Gasteiger partial charge in [0.05, 0.1) is 7.11 Å². The van der Waals surface area contributed by atoms with E-state index in [1.54, 1.807) is 21.0 Å². The molecule has 0 amide bonds. The van der Waals surface area contributed by atoms with Gasteiger partial charge in [-0.05, 0) is 17.5 Å². The van der Waals surface area contributed by atoms with Crippen molar-refractivity contribution in [2.45, 2.75) is 40.0 Å². The zero-order valence-corrected chi connectivity index (χ0v) is 12.3. The molecule has 1 rings (SSSR count). The summed E-state index contributed by atoms with van der Waals surface area (Å²) in [5.74, 6) is 0.104. The van der Waals surface area contributed by atoms with Crippen molar-refractivity contribution in [2.24, 2.45) is 5.92 Å². The van der Waals surface area contributed by atoms with Crippen LogP contribution in [0.5, 0.6) is 5.75 Å². The number of Topliss-reactive ketones (excluding diaryl/α,β-unsaturated/α-hetero) is 2. The molecule has 0 aromatic heterocycles. The molecule has 0 unspecified atom stereocenters. The predicted octanol–water partition coefficient (Wildman–Crippen LogP) is 3.16. The molecule has 0 saturated carbocycles. The molecule has 1 aromatic rings. The summed E-state index contributed by atoms with van der Waals surface area (Å²) in [7, 11) is 1.57. The SMILES string of the molecule is COc1ccc(C(C)C)cc1CC(=O)C(=O)C(C)C. The average Bonchev–Trinajstić information content (AvgIpc) is 2.37. The molecule has 0 aliphatic heterocycles. The zero-order chi connectivity index (χ0) is 14.6. The van der Waals surface area contributed by atoms with Crippen molar-refractivity contribution in [3.05, 3.63) is 29.3 Å². The molecular weight excluding hydrogens is 240 g/mol. The van der Waals surface area contributed by atoms with Crippen molar-refractivity contribution >= 4 is 11.6 Å². The van der Waals surface area contributed by atoms with Gasteiger partial charge < -0.3 is 4.74 Å². The lowest BCUT2D eigenvalue weighted by Crippen LogP contribution is -2.21. The largest absolute Gasteiger partial charge is 0.496 e. The van der Waals surface area contributed by atoms with E-state index >= 15 is 0 Å². The van der Waals surface area contributed by atoms with Crippen LogP contribution in [-0.4, -0.2) is 18.7 Å². The topological polar surface area (TPSA) is 43.4 Å². The van der Waals surface area contributed by atoms with Gasteiger partial charge in [0.2, 0.25) is 11.6 Å². The smallest absolute Gasteiger partial charge is 0.203 e. The van der Waals surface area contributed by atoms with Crippen LogP contribution >= 0.6 is 0 Å². The van der Waals surface area contributed by atoms with Gasteiger partial charge in [-0.3, -0.25) is 9.59 Å². The molecule has 0 N–H and O–H groups in total. The van der Waals surface area contributed by atoms with Crippen LogP contribution in [0.25, 0.3) is 0 Å². The molecule has 0 atom stereocenters. The van der Waals surface area contributed by atoms with Crippen LogP contribution in [0.1, 0.15) is 44.7 Å². The van der Waals surface area contributed by atoms with Crippen LogP contribution in [0, 0.1) is 5.92 Å². The highest BCUT2D eigenvalue weighted by Gasteiger charge is 2.19. The second kappa shape index (κ2) is 6.50. The minimum Gasteiger partial charge on any atom is -0.496 e. The number of methoxy groups -OCH3 is 1. The summed E-state index contributed by atoms with van der Waals surface area (Å²) in [4.78, 5) is 23.6. The van der Waals surface area contributed by atoms with Crippen LogP contribution in [0.3, 0.4) is 0 Å². The van der Waals surface area contributed by atoms with E-state index < -0.39 is 0 Å². The molecule has 0 bridgehead atoms. The molecule has 104 valence electrons. The first-order valence-electron chi connectivity index (χ1n) is 6.60. The number of ketones is 2. The lowest BCUT2D eigenvalue weighted by molar-refractivity contribution is -0.138. The Morgan fingerprint density at radius 2 is 1.79 bits per heavy atom. The Bertz CT molecular complexity index is 473. The van der Waals surface area contributed by atoms with Gasteiger partial charge >= 0.3 is 0 Å². The van der Waals surface area contributed by atoms with Gasteiger partial charge in [0.25, 0.3) is 0 Å². The standard InChI is InChI=1S/C16H22O3/c1-10(2)12-6-7-15(19-5)13(8-12)9-14(17)16(18)11(3)4/h6-8,10-11H,9H2,1-5H3. The number of ether oxygens (including phenoxy) is 1. The zero-order valence-electron chi connectivity index (χ0n) is 12.3. The van der Waals surface area contributed by atoms with E-state index in [1.165, 1.54) is 0 Å². The third kappa shape index (κ3) is 3.91. The first-order chi connectivity index (χ1) is 8.86. The first-order valence-corrected chi connectivity index (χ1v) is 6.60. The molecular formula is C16H22O3. The predicted molar refractivity (Wildman–Crippen MR) is 75.6 cm³/mol. The normalized spacial score (nSPS) is 10.9. The van der Waals surface area contributed by atoms with Gasteiger partial charge in [-0.25, -0.2) is 0 Å². The summed E-state index contributed by atoms with van der Waals surface area (Å²) in [5, 5.41) is 0. The van der Waals surface area contributed by atoms with Gasteiger partial charge in [0, 0.05) is 17.9 Å². The molecule has 0 fully saturated rings. The Labute approximate surface area is 115 Å². The second-order valence-electron chi connectivity index (χ2n) is 5.34. The van der Waals surface area contributed by atoms with E-state index in [-0.39, 0.29) is 23.9 Å². The van der Waals surface area contributed by atoms with E-state index in [0.29, 0.717) is 11.7 Å². The lowest BCUT2D eigenvalue weighted by atomic mass is 9.95. The molecule has 3 heteroatoms. The fraction of sp³-hybridized carbons (Fsp3) is 0.500. The third-order valence-corrected chi connectivity index (χ3v) is 3.12. The Morgan fingerprint density at radius 3 is 2.26 bits per heavy atom. The van der Waals surface area contributed by atoms with Crippen LogP contribution in [0.4, 0.5) is 0 Å². The highest BCUT2D eigenvalue weighted by molar-refractivity contribution is 6.38. The van der Waals surface area contributed by atoms with Crippen LogP contribution < -0.4 is 4.74 Å². The van der Waals surface area contributed by atoms with E-state index in [2.05, 4.69) is 13.8 Å². The molecule has 0 aliphatic rings. The van der Waals surface area contributed by atoms with Gasteiger partial charge in [-0.1, -0.05) is 39.8 Å². The van der Waals surface area contributed by atoms with Crippen molar-refractivity contribution < 1.29 is 14.3 Å². The minimum atomic E-state index is -0.353. The van der Waals surface area contributed by atoms with Crippen molar-refractivity contribution in [1.29, 1.82) is 0 Å². The van der Waals surface area contributed by atoms with Crippen LogP contribution in [-0.2, 0) is 16.0 Å². The quantitative estimate of drug-likeness (QED) is 0.740. The number of rotatable bonds is 6. The van der Waals surface area contributed by atoms with E-state index in [9.17, 15) is 9.59 Å². The molecule has 0 saturated heterocycles. The van der Waals surface area contributed by atoms with Crippen molar-refractivity contribution in [2.75, 3.05) is 7.11 Å². The molecule has 0 radical (unpaired) electrons. The van der Waals surface area contributed by atoms with Crippen molar-refractivity contribution in [3.8, 4) is 5.75 Å². The van der Waals surface area contributed by atoms with E-state index in [1.807, 2.05) is 18.2 Å².